The van der Waals surface area contributed by atoms with E-state index in [1.807, 2.05) is 20.8 Å². The number of rotatable bonds is 4. The molecular weight excluding hydrogens is 264 g/mol. The van der Waals surface area contributed by atoms with Gasteiger partial charge >= 0.3 is 5.97 Å². The molecule has 0 aromatic heterocycles. The molecule has 0 aromatic rings. The molecule has 2 aliphatic rings. The van der Waals surface area contributed by atoms with Crippen LogP contribution in [-0.2, 0) is 20.3 Å². The van der Waals surface area contributed by atoms with Gasteiger partial charge in [0.1, 0.15) is 15.7 Å². The highest BCUT2D eigenvalue weighted by Crippen LogP contribution is 2.27. The van der Waals surface area contributed by atoms with Crippen LogP contribution < -0.4 is 0 Å². The maximum atomic E-state index is 12.3. The summed E-state index contributed by atoms with van der Waals surface area (Å²) in [6.07, 6.45) is 3.15. The molecule has 0 bridgehead atoms. The van der Waals surface area contributed by atoms with E-state index in [4.69, 9.17) is 4.74 Å². The number of esters is 1. The van der Waals surface area contributed by atoms with Crippen LogP contribution in [0.4, 0.5) is 0 Å². The zero-order valence-corrected chi connectivity index (χ0v) is 12.2. The lowest BCUT2D eigenvalue weighted by atomic mass is 10.1. The minimum absolute atomic E-state index is 0.192. The topological polar surface area (TPSA) is 59.0 Å². The lowest BCUT2D eigenvalue weighted by molar-refractivity contribution is -0.138. The number of carbonyl (C=O) groups is 1. The second kappa shape index (κ2) is 5.69. The molecule has 0 radical (unpaired) electrons. The lowest BCUT2D eigenvalue weighted by Crippen LogP contribution is -2.29. The summed E-state index contributed by atoms with van der Waals surface area (Å²) < 4.78 is 17.3. The monoisotopic (exact) mass is 282 g/mol. The molecule has 1 unspecified atom stereocenters. The quantitative estimate of drug-likeness (QED) is 0.739. The number of carbonyl (C=O) groups excluding carboxylic acids is 1. The Morgan fingerprint density at radius 1 is 1.53 bits per heavy atom. The third-order valence-electron chi connectivity index (χ3n) is 2.99. The molecule has 0 N–H and O–H groups in total. The fourth-order valence-corrected chi connectivity index (χ4v) is 3.15. The highest BCUT2D eigenvalue weighted by atomic mass is 32.2. The molecule has 19 heavy (non-hydrogen) atoms. The van der Waals surface area contributed by atoms with Crippen LogP contribution in [0, 0.1) is 0 Å². The molecule has 2 aliphatic heterocycles. The van der Waals surface area contributed by atoms with Gasteiger partial charge in [-0.25, -0.2) is 14.0 Å². The maximum absolute atomic E-state index is 12.3. The minimum Gasteiger partial charge on any atom is -0.462 e. The average molecular weight is 282 g/mol. The molecule has 6 heteroatoms. The van der Waals surface area contributed by atoms with Gasteiger partial charge in [0.25, 0.3) is 0 Å². The maximum Gasteiger partial charge on any atom is 0.349 e. The van der Waals surface area contributed by atoms with Crippen molar-refractivity contribution in [1.82, 2.24) is 4.90 Å². The number of allylic oxidation sites excluding steroid dienone is 1. The summed E-state index contributed by atoms with van der Waals surface area (Å²) in [5.74, 6) is -0.506. The van der Waals surface area contributed by atoms with E-state index in [0.29, 0.717) is 18.3 Å². The van der Waals surface area contributed by atoms with Crippen molar-refractivity contribution in [2.75, 3.05) is 13.2 Å². The summed E-state index contributed by atoms with van der Waals surface area (Å²) in [5, 5.41) is 0.450. The van der Waals surface area contributed by atoms with Crippen molar-refractivity contribution in [3.63, 3.8) is 0 Å². The molecule has 0 amide bonds. The second-order valence-electron chi connectivity index (χ2n) is 4.50. The largest absolute Gasteiger partial charge is 0.462 e. The molecule has 0 saturated carbocycles. The van der Waals surface area contributed by atoms with E-state index in [9.17, 15) is 9.00 Å². The number of ether oxygens (including phenoxy) is 1. The Hall–Kier alpha value is -1.43. The Kier molecular flexibility index (Phi) is 4.19. The number of hydrogen-bond acceptors (Lipinski definition) is 5. The van der Waals surface area contributed by atoms with Gasteiger partial charge in [0.15, 0.2) is 0 Å². The first-order chi connectivity index (χ1) is 9.08. The Morgan fingerprint density at radius 2 is 2.26 bits per heavy atom. The smallest absolute Gasteiger partial charge is 0.349 e. The van der Waals surface area contributed by atoms with Gasteiger partial charge in [0.05, 0.1) is 6.61 Å². The number of hydrogen-bond donors (Lipinski definition) is 0. The molecule has 5 nitrogen and oxygen atoms in total. The standard InChI is InChI=1S/C13H18N2O3S/c1-4-6-18-12(16)11-8-15-7-9(3)10(5-2)14-13(15)19(11)17/h8H,4-7H2,1-3H3. The van der Waals surface area contributed by atoms with Gasteiger partial charge in [-0.2, -0.15) is 0 Å². The minimum atomic E-state index is -1.52. The van der Waals surface area contributed by atoms with Crippen molar-refractivity contribution >= 4 is 21.9 Å². The van der Waals surface area contributed by atoms with Gasteiger partial charge in [0, 0.05) is 18.4 Å². The predicted molar refractivity (Wildman–Crippen MR) is 74.6 cm³/mol. The summed E-state index contributed by atoms with van der Waals surface area (Å²) in [5.41, 5.74) is 2.10. The molecule has 0 spiro atoms. The summed E-state index contributed by atoms with van der Waals surface area (Å²) >= 11 is 0. The first-order valence-corrected chi connectivity index (χ1v) is 7.58. The van der Waals surface area contributed by atoms with Crippen molar-refractivity contribution in [3.05, 3.63) is 22.4 Å². The second-order valence-corrected chi connectivity index (χ2v) is 5.84. The zero-order valence-electron chi connectivity index (χ0n) is 11.4. The molecule has 2 rings (SSSR count). The van der Waals surface area contributed by atoms with Crippen LogP contribution in [-0.4, -0.2) is 33.4 Å². The highest BCUT2D eigenvalue weighted by Gasteiger charge is 2.35. The zero-order chi connectivity index (χ0) is 14.0. The summed E-state index contributed by atoms with van der Waals surface area (Å²) in [6, 6.07) is 0. The third kappa shape index (κ3) is 2.63. The van der Waals surface area contributed by atoms with E-state index in [-0.39, 0.29) is 4.91 Å². The first kappa shape index (κ1) is 14.0. The number of nitrogens with zero attached hydrogens (tertiary/aromatic N) is 2. The van der Waals surface area contributed by atoms with Crippen molar-refractivity contribution in [2.45, 2.75) is 33.6 Å². The van der Waals surface area contributed by atoms with Gasteiger partial charge in [-0.1, -0.05) is 13.8 Å². The summed E-state index contributed by atoms with van der Waals surface area (Å²) in [6.45, 7) is 6.92. The van der Waals surface area contributed by atoms with Crippen LogP contribution in [0.25, 0.3) is 0 Å². The molecule has 104 valence electrons. The van der Waals surface area contributed by atoms with Gasteiger partial charge in [-0.05, 0) is 25.3 Å². The molecular formula is C13H18N2O3S. The molecule has 0 aromatic carbocycles. The van der Waals surface area contributed by atoms with Gasteiger partial charge in [-0.3, -0.25) is 0 Å². The van der Waals surface area contributed by atoms with Crippen LogP contribution in [0.15, 0.2) is 27.4 Å². The number of fused-ring (bicyclic) bond motifs is 1. The van der Waals surface area contributed by atoms with E-state index in [1.54, 1.807) is 11.1 Å². The van der Waals surface area contributed by atoms with Crippen LogP contribution in [0.5, 0.6) is 0 Å². The van der Waals surface area contributed by atoms with Crippen molar-refractivity contribution < 1.29 is 13.7 Å². The van der Waals surface area contributed by atoms with Gasteiger partial charge in [0.2, 0.25) is 5.17 Å². The normalized spacial score (nSPS) is 22.1. The van der Waals surface area contributed by atoms with E-state index in [2.05, 4.69) is 4.99 Å². The van der Waals surface area contributed by atoms with Crippen LogP contribution in [0.1, 0.15) is 33.6 Å². The van der Waals surface area contributed by atoms with E-state index >= 15 is 0 Å². The molecule has 2 heterocycles. The third-order valence-corrected chi connectivity index (χ3v) is 4.32. The Labute approximate surface area is 115 Å². The molecule has 1 atom stereocenters. The van der Waals surface area contributed by atoms with Crippen LogP contribution >= 0.6 is 0 Å². The average Bonchev–Trinajstić information content (AvgIpc) is 2.71. The Bertz CT molecular complexity index is 520. The van der Waals surface area contributed by atoms with Crippen LogP contribution in [0.3, 0.4) is 0 Å². The van der Waals surface area contributed by atoms with Gasteiger partial charge in [-0.15, -0.1) is 0 Å². The van der Waals surface area contributed by atoms with E-state index in [0.717, 1.165) is 24.1 Å². The summed E-state index contributed by atoms with van der Waals surface area (Å²) in [4.78, 5) is 18.2. The SMILES string of the molecule is CCCOC(=O)C1=CN2CC(C)=C(CC)N=C2S1=O. The van der Waals surface area contributed by atoms with E-state index < -0.39 is 16.8 Å². The van der Waals surface area contributed by atoms with Crippen molar-refractivity contribution in [2.24, 2.45) is 4.99 Å². The van der Waals surface area contributed by atoms with Gasteiger partial charge < -0.3 is 9.64 Å². The molecule has 0 fully saturated rings. The Morgan fingerprint density at radius 3 is 2.89 bits per heavy atom. The Balaban J connectivity index is 2.20. The summed E-state index contributed by atoms with van der Waals surface area (Å²) in [7, 11) is -1.52. The fraction of sp³-hybridized carbons (Fsp3) is 0.538. The van der Waals surface area contributed by atoms with Crippen molar-refractivity contribution in [3.8, 4) is 0 Å². The lowest BCUT2D eigenvalue weighted by Gasteiger charge is -2.22. The van der Waals surface area contributed by atoms with E-state index in [1.165, 1.54) is 0 Å². The van der Waals surface area contributed by atoms with Crippen molar-refractivity contribution in [1.29, 1.82) is 0 Å². The predicted octanol–water partition coefficient (Wildman–Crippen LogP) is 1.90. The number of aliphatic imine (C=N–C) groups is 1. The fourth-order valence-electron chi connectivity index (χ4n) is 2.00. The number of amidine groups is 1. The first-order valence-electron chi connectivity index (χ1n) is 6.43. The highest BCUT2D eigenvalue weighted by molar-refractivity contribution is 8.05. The van der Waals surface area contributed by atoms with Crippen LogP contribution in [0.2, 0.25) is 0 Å². The molecule has 0 saturated heterocycles. The molecule has 0 aliphatic carbocycles.